The summed E-state index contributed by atoms with van der Waals surface area (Å²) in [5.74, 6) is 0.412. The van der Waals surface area contributed by atoms with E-state index in [1.54, 1.807) is 31.2 Å². The zero-order valence-corrected chi connectivity index (χ0v) is 14.8. The zero-order chi connectivity index (χ0) is 17.7. The highest BCUT2D eigenvalue weighted by Crippen LogP contribution is 2.29. The van der Waals surface area contributed by atoms with E-state index in [1.807, 2.05) is 0 Å². The number of hydrogen-bond donors (Lipinski definition) is 2. The highest BCUT2D eigenvalue weighted by atomic mass is 35.5. The predicted octanol–water partition coefficient (Wildman–Crippen LogP) is 5.11. The molecule has 2 rings (SSSR count). The van der Waals surface area contributed by atoms with Crippen molar-refractivity contribution in [3.63, 3.8) is 0 Å². The first-order valence-electron chi connectivity index (χ1n) is 6.84. The minimum atomic E-state index is -0.510. The molecule has 0 amide bonds. The Bertz CT molecular complexity index is 766. The second kappa shape index (κ2) is 8.14. The molecule has 0 atom stereocenters. The molecule has 6 nitrogen and oxygen atoms in total. The van der Waals surface area contributed by atoms with Gasteiger partial charge in [-0.15, -0.1) is 0 Å². The first-order valence-corrected chi connectivity index (χ1v) is 8.01. The van der Waals surface area contributed by atoms with Crippen molar-refractivity contribution in [3.8, 4) is 5.75 Å². The Kier molecular flexibility index (Phi) is 6.19. The van der Waals surface area contributed by atoms with Crippen LogP contribution in [0, 0.1) is 10.1 Å². The van der Waals surface area contributed by atoms with Gasteiger partial charge in [0.2, 0.25) is 0 Å². The van der Waals surface area contributed by atoms with Gasteiger partial charge >= 0.3 is 0 Å². The van der Waals surface area contributed by atoms with Crippen molar-refractivity contribution in [1.82, 2.24) is 0 Å². The van der Waals surface area contributed by atoms with E-state index in [0.717, 1.165) is 0 Å². The van der Waals surface area contributed by atoms with Gasteiger partial charge in [0.25, 0.3) is 5.69 Å². The molecule has 0 unspecified atom stereocenters. The second-order valence-electron chi connectivity index (χ2n) is 4.61. The molecule has 0 spiro atoms. The third kappa shape index (κ3) is 4.95. The molecule has 0 heterocycles. The minimum Gasteiger partial charge on any atom is -0.494 e. The normalized spacial score (nSPS) is 10.1. The van der Waals surface area contributed by atoms with Gasteiger partial charge in [-0.3, -0.25) is 10.1 Å². The Balaban J connectivity index is 2.17. The van der Waals surface area contributed by atoms with E-state index in [0.29, 0.717) is 28.1 Å². The van der Waals surface area contributed by atoms with Crippen LogP contribution in [-0.2, 0) is 0 Å². The third-order valence-corrected chi connectivity index (χ3v) is 3.49. The quantitative estimate of drug-likeness (QED) is 0.423. The largest absolute Gasteiger partial charge is 0.494 e. The molecule has 2 aromatic rings. The fraction of sp³-hybridized carbons (Fsp3) is 0.133. The van der Waals surface area contributed by atoms with Gasteiger partial charge in [0.05, 0.1) is 17.6 Å². The van der Waals surface area contributed by atoms with E-state index in [9.17, 15) is 10.1 Å². The van der Waals surface area contributed by atoms with Gasteiger partial charge in [-0.1, -0.05) is 23.2 Å². The first kappa shape index (κ1) is 18.3. The molecular weight excluding hydrogens is 373 g/mol. The van der Waals surface area contributed by atoms with E-state index < -0.39 is 4.92 Å². The molecule has 0 aliphatic rings. The van der Waals surface area contributed by atoms with Crippen LogP contribution in [0.1, 0.15) is 6.92 Å². The summed E-state index contributed by atoms with van der Waals surface area (Å²) >= 11 is 17.0. The van der Waals surface area contributed by atoms with Crippen LogP contribution in [0.2, 0.25) is 10.0 Å². The number of nitrogens with zero attached hydrogens (tertiary/aromatic N) is 1. The molecule has 0 radical (unpaired) electrons. The summed E-state index contributed by atoms with van der Waals surface area (Å²) in [4.78, 5) is 10.7. The van der Waals surface area contributed by atoms with Crippen LogP contribution in [0.5, 0.6) is 5.75 Å². The number of ether oxygens (including phenoxy) is 1. The average Bonchev–Trinajstić information content (AvgIpc) is 2.47. The number of hydrogen-bond acceptors (Lipinski definition) is 4. The molecule has 0 aliphatic heterocycles. The Morgan fingerprint density at radius 1 is 1.21 bits per heavy atom. The Morgan fingerprint density at radius 2 is 1.88 bits per heavy atom. The maximum Gasteiger partial charge on any atom is 0.296 e. The van der Waals surface area contributed by atoms with E-state index >= 15 is 0 Å². The maximum atomic E-state index is 11.2. The number of halogens is 2. The van der Waals surface area contributed by atoms with Crippen LogP contribution in [0.15, 0.2) is 36.4 Å². The van der Waals surface area contributed by atoms with Crippen molar-refractivity contribution in [2.24, 2.45) is 0 Å². The smallest absolute Gasteiger partial charge is 0.296 e. The van der Waals surface area contributed by atoms with Crippen LogP contribution in [0.25, 0.3) is 0 Å². The highest BCUT2D eigenvalue weighted by Gasteiger charge is 2.16. The maximum absolute atomic E-state index is 11.2. The van der Waals surface area contributed by atoms with Gasteiger partial charge < -0.3 is 15.4 Å². The lowest BCUT2D eigenvalue weighted by Crippen LogP contribution is -2.19. The number of nitro groups is 1. The Hall–Kier alpha value is -2.09. The lowest BCUT2D eigenvalue weighted by atomic mass is 10.2. The van der Waals surface area contributed by atoms with Gasteiger partial charge in [0.1, 0.15) is 11.4 Å². The fourth-order valence-electron chi connectivity index (χ4n) is 1.94. The highest BCUT2D eigenvalue weighted by molar-refractivity contribution is 7.80. The number of thiocarbonyl (C=S) groups is 1. The summed E-state index contributed by atoms with van der Waals surface area (Å²) in [5, 5.41) is 17.9. The molecule has 126 valence electrons. The summed E-state index contributed by atoms with van der Waals surface area (Å²) in [7, 11) is 0. The first-order chi connectivity index (χ1) is 11.4. The Labute approximate surface area is 153 Å². The van der Waals surface area contributed by atoms with E-state index in [2.05, 4.69) is 10.6 Å². The number of rotatable bonds is 5. The molecule has 2 aromatic carbocycles. The summed E-state index contributed by atoms with van der Waals surface area (Å²) in [6.45, 7) is 2.21. The van der Waals surface area contributed by atoms with E-state index in [4.69, 9.17) is 40.2 Å². The van der Waals surface area contributed by atoms with Crippen molar-refractivity contribution in [1.29, 1.82) is 0 Å². The van der Waals surface area contributed by atoms with Crippen LogP contribution >= 0.6 is 35.4 Å². The van der Waals surface area contributed by atoms with Crippen molar-refractivity contribution in [2.45, 2.75) is 6.92 Å². The number of anilines is 2. The average molecular weight is 386 g/mol. The van der Waals surface area contributed by atoms with Gasteiger partial charge in [0.15, 0.2) is 5.11 Å². The van der Waals surface area contributed by atoms with Crippen molar-refractivity contribution < 1.29 is 9.66 Å². The number of nitrogens with one attached hydrogen (secondary N) is 2. The zero-order valence-electron chi connectivity index (χ0n) is 12.5. The van der Waals surface area contributed by atoms with Crippen LogP contribution in [-0.4, -0.2) is 16.6 Å². The monoisotopic (exact) mass is 385 g/mol. The molecule has 0 saturated heterocycles. The predicted molar refractivity (Wildman–Crippen MR) is 101 cm³/mol. The lowest BCUT2D eigenvalue weighted by Gasteiger charge is -2.12. The van der Waals surface area contributed by atoms with E-state index in [1.165, 1.54) is 12.1 Å². The summed E-state index contributed by atoms with van der Waals surface area (Å²) in [5.41, 5.74) is 0.668. The number of nitro benzene ring substituents is 1. The molecule has 24 heavy (non-hydrogen) atoms. The molecule has 0 aromatic heterocycles. The standard InChI is InChI=1S/C15H13Cl2N3O3S/c1-2-23-12-3-4-13(14(8-12)20(21)22)19-15(24)18-11-6-9(16)5-10(17)7-11/h3-8H,2H2,1H3,(H2,18,19,24). The van der Waals surface area contributed by atoms with Gasteiger partial charge in [-0.05, 0) is 49.5 Å². The van der Waals surface area contributed by atoms with Gasteiger partial charge in [0, 0.05) is 15.7 Å². The summed E-state index contributed by atoms with van der Waals surface area (Å²) in [6, 6.07) is 9.34. The molecule has 0 saturated carbocycles. The van der Waals surface area contributed by atoms with Crippen LogP contribution in [0.4, 0.5) is 17.1 Å². The van der Waals surface area contributed by atoms with Gasteiger partial charge in [-0.25, -0.2) is 0 Å². The minimum absolute atomic E-state index is 0.144. The van der Waals surface area contributed by atoms with E-state index in [-0.39, 0.29) is 16.5 Å². The summed E-state index contributed by atoms with van der Waals surface area (Å²) in [6.07, 6.45) is 0. The van der Waals surface area contributed by atoms with Gasteiger partial charge in [-0.2, -0.15) is 0 Å². The van der Waals surface area contributed by atoms with Crippen molar-refractivity contribution in [2.75, 3.05) is 17.2 Å². The summed E-state index contributed by atoms with van der Waals surface area (Å²) < 4.78 is 5.27. The molecule has 0 aliphatic carbocycles. The lowest BCUT2D eigenvalue weighted by molar-refractivity contribution is -0.384. The van der Waals surface area contributed by atoms with Crippen molar-refractivity contribution >= 4 is 57.6 Å². The molecule has 0 fully saturated rings. The molecule has 0 bridgehead atoms. The van der Waals surface area contributed by atoms with Crippen LogP contribution < -0.4 is 15.4 Å². The Morgan fingerprint density at radius 3 is 2.46 bits per heavy atom. The SMILES string of the molecule is CCOc1ccc(NC(=S)Nc2cc(Cl)cc(Cl)c2)c([N+](=O)[O-])c1. The third-order valence-electron chi connectivity index (χ3n) is 2.85. The fourth-order valence-corrected chi connectivity index (χ4v) is 2.69. The molecule has 9 heteroatoms. The molecular formula is C15H13Cl2N3O3S. The topological polar surface area (TPSA) is 76.4 Å². The second-order valence-corrected chi connectivity index (χ2v) is 5.89. The molecule has 2 N–H and O–H groups in total. The van der Waals surface area contributed by atoms with Crippen LogP contribution in [0.3, 0.4) is 0 Å². The number of benzene rings is 2. The van der Waals surface area contributed by atoms with Crippen molar-refractivity contribution in [3.05, 3.63) is 56.6 Å².